The van der Waals surface area contributed by atoms with Gasteiger partial charge in [-0.1, -0.05) is 18.2 Å². The van der Waals surface area contributed by atoms with Gasteiger partial charge < -0.3 is 0 Å². The highest BCUT2D eigenvalue weighted by Gasteiger charge is 2.01. The third-order valence-electron chi connectivity index (χ3n) is 1.21. The van der Waals surface area contributed by atoms with Crippen LogP contribution < -0.4 is 0 Å². The van der Waals surface area contributed by atoms with Gasteiger partial charge in [0.25, 0.3) is 0 Å². The van der Waals surface area contributed by atoms with Gasteiger partial charge in [-0.3, -0.25) is 0 Å². The summed E-state index contributed by atoms with van der Waals surface area (Å²) in [6, 6.07) is 0. The summed E-state index contributed by atoms with van der Waals surface area (Å²) in [6.45, 7) is 5.86. The van der Waals surface area contributed by atoms with E-state index in [1.54, 1.807) is 0 Å². The number of hydrogen-bond donors (Lipinski definition) is 0. The zero-order chi connectivity index (χ0) is 4.57. The van der Waals surface area contributed by atoms with E-state index in [-0.39, 0.29) is 0 Å². The predicted molar refractivity (Wildman–Crippen MR) is 27.5 cm³/mol. The molecule has 0 nitrogen and oxygen atoms in total. The van der Waals surface area contributed by atoms with E-state index in [4.69, 9.17) is 0 Å². The standard InChI is InChI=1S/C6H8/c1-5-3-4-6(5)2/h4H,1,3H2,2H3. The van der Waals surface area contributed by atoms with Crippen LogP contribution in [0.3, 0.4) is 0 Å². The van der Waals surface area contributed by atoms with E-state index in [0.29, 0.717) is 0 Å². The van der Waals surface area contributed by atoms with Crippen molar-refractivity contribution >= 4 is 0 Å². The molecule has 0 bridgehead atoms. The van der Waals surface area contributed by atoms with Crippen molar-refractivity contribution in [3.63, 3.8) is 0 Å². The first kappa shape index (κ1) is 3.66. The Bertz CT molecular complexity index is 107. The Morgan fingerprint density at radius 2 is 2.33 bits per heavy atom. The van der Waals surface area contributed by atoms with Crippen molar-refractivity contribution < 1.29 is 0 Å². The number of allylic oxidation sites excluding steroid dienone is 3. The largest absolute Gasteiger partial charge is 0.0953 e. The maximum Gasteiger partial charge on any atom is -0.00950 e. The molecule has 0 spiro atoms. The molecule has 0 fully saturated rings. The summed E-state index contributed by atoms with van der Waals surface area (Å²) < 4.78 is 0. The van der Waals surface area contributed by atoms with E-state index >= 15 is 0 Å². The van der Waals surface area contributed by atoms with Gasteiger partial charge in [-0.15, -0.1) is 0 Å². The van der Waals surface area contributed by atoms with Gasteiger partial charge in [-0.25, -0.2) is 0 Å². The van der Waals surface area contributed by atoms with Crippen LogP contribution in [0, 0.1) is 0 Å². The fraction of sp³-hybridized carbons (Fsp3) is 0.333. The monoisotopic (exact) mass is 80.1 g/mol. The Morgan fingerprint density at radius 1 is 1.83 bits per heavy atom. The van der Waals surface area contributed by atoms with Crippen LogP contribution in [0.1, 0.15) is 13.3 Å². The average Bonchev–Trinajstić information content (AvgIpc) is 1.61. The molecule has 6 heavy (non-hydrogen) atoms. The smallest absolute Gasteiger partial charge is 0.00950 e. The summed E-state index contributed by atoms with van der Waals surface area (Å²) in [4.78, 5) is 0. The van der Waals surface area contributed by atoms with E-state index in [1.165, 1.54) is 11.1 Å². The highest BCUT2D eigenvalue weighted by Crippen LogP contribution is 2.21. The van der Waals surface area contributed by atoms with E-state index < -0.39 is 0 Å². The third kappa shape index (κ3) is 0.298. The lowest BCUT2D eigenvalue weighted by Gasteiger charge is -2.11. The zero-order valence-corrected chi connectivity index (χ0v) is 3.99. The van der Waals surface area contributed by atoms with Gasteiger partial charge in [-0.05, 0) is 18.9 Å². The number of rotatable bonds is 0. The van der Waals surface area contributed by atoms with Crippen LogP contribution in [0.5, 0.6) is 0 Å². The maximum atomic E-state index is 3.77. The average molecular weight is 80.1 g/mol. The molecule has 0 amide bonds. The van der Waals surface area contributed by atoms with Gasteiger partial charge in [0.15, 0.2) is 0 Å². The first-order valence-corrected chi connectivity index (χ1v) is 2.15. The van der Waals surface area contributed by atoms with E-state index in [0.717, 1.165) is 6.42 Å². The third-order valence-corrected chi connectivity index (χ3v) is 1.21. The first-order valence-electron chi connectivity index (χ1n) is 2.15. The molecule has 1 aliphatic rings. The van der Waals surface area contributed by atoms with Gasteiger partial charge in [-0.2, -0.15) is 0 Å². The fourth-order valence-corrected chi connectivity index (χ4v) is 0.451. The lowest BCUT2D eigenvalue weighted by atomic mass is 9.95. The molecule has 32 valence electrons. The van der Waals surface area contributed by atoms with Crippen LogP contribution in [0.25, 0.3) is 0 Å². The SMILES string of the molecule is C=C1CC=C1C. The van der Waals surface area contributed by atoms with Crippen LogP contribution in [-0.4, -0.2) is 0 Å². The second-order valence-corrected chi connectivity index (χ2v) is 1.69. The molecule has 0 heteroatoms. The summed E-state index contributed by atoms with van der Waals surface area (Å²) in [5, 5.41) is 0. The molecule has 0 radical (unpaired) electrons. The lowest BCUT2D eigenvalue weighted by molar-refractivity contribution is 1.10. The van der Waals surface area contributed by atoms with Crippen molar-refractivity contribution in [3.8, 4) is 0 Å². The molecule has 0 N–H and O–H groups in total. The Labute approximate surface area is 38.2 Å². The van der Waals surface area contributed by atoms with Crippen LogP contribution >= 0.6 is 0 Å². The maximum absolute atomic E-state index is 3.77. The molecule has 1 aliphatic carbocycles. The highest BCUT2D eigenvalue weighted by atomic mass is 14.1. The molecule has 0 atom stereocenters. The van der Waals surface area contributed by atoms with Gasteiger partial charge in [0, 0.05) is 0 Å². The minimum absolute atomic E-state index is 1.12. The molecule has 0 aliphatic heterocycles. The van der Waals surface area contributed by atoms with E-state index in [9.17, 15) is 0 Å². The molecule has 0 aromatic heterocycles. The van der Waals surface area contributed by atoms with Gasteiger partial charge in [0.1, 0.15) is 0 Å². The normalized spacial score (nSPS) is 19.5. The summed E-state index contributed by atoms with van der Waals surface area (Å²) in [6.07, 6.45) is 3.30. The Kier molecular flexibility index (Phi) is 0.592. The molecule has 0 unspecified atom stereocenters. The molecule has 0 saturated carbocycles. The molecule has 1 rings (SSSR count). The van der Waals surface area contributed by atoms with Gasteiger partial charge in [0.2, 0.25) is 0 Å². The predicted octanol–water partition coefficient (Wildman–Crippen LogP) is 1.89. The second kappa shape index (κ2) is 0.970. The quantitative estimate of drug-likeness (QED) is 0.417. The minimum Gasteiger partial charge on any atom is -0.0953 e. The lowest BCUT2D eigenvalue weighted by Crippen LogP contribution is -1.91. The summed E-state index contributed by atoms with van der Waals surface area (Å²) >= 11 is 0. The first-order chi connectivity index (χ1) is 2.80. The van der Waals surface area contributed by atoms with Crippen molar-refractivity contribution in [1.29, 1.82) is 0 Å². The van der Waals surface area contributed by atoms with Crippen molar-refractivity contribution in [2.45, 2.75) is 13.3 Å². The van der Waals surface area contributed by atoms with Crippen LogP contribution in [0.15, 0.2) is 23.8 Å². The molecule has 0 saturated heterocycles. The summed E-state index contributed by atoms with van der Waals surface area (Å²) in [5.41, 5.74) is 2.67. The molecule has 0 aromatic rings. The fourth-order valence-electron chi connectivity index (χ4n) is 0.451. The molecular weight excluding hydrogens is 72.1 g/mol. The van der Waals surface area contributed by atoms with Gasteiger partial charge in [0.05, 0.1) is 0 Å². The second-order valence-electron chi connectivity index (χ2n) is 1.69. The van der Waals surface area contributed by atoms with Crippen molar-refractivity contribution in [2.24, 2.45) is 0 Å². The van der Waals surface area contributed by atoms with E-state index in [1.807, 2.05) is 0 Å². The Balaban J connectivity index is 2.75. The summed E-state index contributed by atoms with van der Waals surface area (Å²) in [7, 11) is 0. The Morgan fingerprint density at radius 3 is 2.33 bits per heavy atom. The van der Waals surface area contributed by atoms with Crippen molar-refractivity contribution in [2.75, 3.05) is 0 Å². The van der Waals surface area contributed by atoms with E-state index in [2.05, 4.69) is 19.6 Å². The molecule has 0 heterocycles. The number of hydrogen-bond acceptors (Lipinski definition) is 0. The van der Waals surface area contributed by atoms with Crippen molar-refractivity contribution in [1.82, 2.24) is 0 Å². The van der Waals surface area contributed by atoms with Crippen LogP contribution in [0.2, 0.25) is 0 Å². The molecule has 0 aromatic carbocycles. The van der Waals surface area contributed by atoms with Crippen molar-refractivity contribution in [3.05, 3.63) is 23.8 Å². The molecular formula is C6H8. The Hall–Kier alpha value is -0.520. The zero-order valence-electron chi connectivity index (χ0n) is 3.99. The topological polar surface area (TPSA) is 0 Å². The van der Waals surface area contributed by atoms with Crippen LogP contribution in [-0.2, 0) is 0 Å². The van der Waals surface area contributed by atoms with Gasteiger partial charge >= 0.3 is 0 Å². The highest BCUT2D eigenvalue weighted by molar-refractivity contribution is 5.37. The summed E-state index contributed by atoms with van der Waals surface area (Å²) in [5.74, 6) is 0. The van der Waals surface area contributed by atoms with Crippen LogP contribution in [0.4, 0.5) is 0 Å². The minimum atomic E-state index is 1.12.